The summed E-state index contributed by atoms with van der Waals surface area (Å²) in [7, 11) is 1.62. The topological polar surface area (TPSA) is 64.4 Å². The van der Waals surface area contributed by atoms with Crippen molar-refractivity contribution in [1.82, 2.24) is 14.5 Å². The zero-order chi connectivity index (χ0) is 22.8. The molecule has 1 saturated heterocycles. The van der Waals surface area contributed by atoms with Gasteiger partial charge in [0.2, 0.25) is 5.91 Å². The molecule has 1 aromatic heterocycles. The Labute approximate surface area is 194 Å². The van der Waals surface area contributed by atoms with Gasteiger partial charge in [-0.2, -0.15) is 0 Å². The number of fused-ring (bicyclic) bond motifs is 2. The van der Waals surface area contributed by atoms with Crippen LogP contribution in [0.15, 0.2) is 53.3 Å². The predicted octanol–water partition coefficient (Wildman–Crippen LogP) is 4.37. The van der Waals surface area contributed by atoms with E-state index >= 15 is 0 Å². The number of ether oxygens (including phenoxy) is 1. The van der Waals surface area contributed by atoms with Crippen molar-refractivity contribution in [1.29, 1.82) is 0 Å². The molecule has 0 unspecified atom stereocenters. The van der Waals surface area contributed by atoms with Crippen LogP contribution in [0.1, 0.15) is 44.2 Å². The molecular formula is C27H31N3O3. The summed E-state index contributed by atoms with van der Waals surface area (Å²) >= 11 is 0. The number of para-hydroxylation sites is 2. The summed E-state index contributed by atoms with van der Waals surface area (Å²) in [6, 6.07) is 15.1. The van der Waals surface area contributed by atoms with Gasteiger partial charge in [0.05, 0.1) is 18.1 Å². The van der Waals surface area contributed by atoms with E-state index in [0.29, 0.717) is 24.5 Å². The Morgan fingerprint density at radius 1 is 1.03 bits per heavy atom. The molecule has 5 rings (SSSR count). The number of aromatic nitrogens is 2. The third kappa shape index (κ3) is 4.39. The van der Waals surface area contributed by atoms with Crippen LogP contribution in [0.2, 0.25) is 0 Å². The zero-order valence-electron chi connectivity index (χ0n) is 19.2. The normalized spacial score (nSPS) is 20.5. The summed E-state index contributed by atoms with van der Waals surface area (Å²) in [6.45, 7) is 1.73. The number of methoxy groups -OCH3 is 1. The first-order valence-corrected chi connectivity index (χ1v) is 12.1. The van der Waals surface area contributed by atoms with Crippen molar-refractivity contribution < 1.29 is 9.53 Å². The largest absolute Gasteiger partial charge is 0.497 e. The molecule has 6 nitrogen and oxygen atoms in total. The van der Waals surface area contributed by atoms with E-state index in [4.69, 9.17) is 4.74 Å². The third-order valence-corrected chi connectivity index (χ3v) is 7.38. The summed E-state index contributed by atoms with van der Waals surface area (Å²) in [4.78, 5) is 33.2. The van der Waals surface area contributed by atoms with E-state index < -0.39 is 0 Å². The molecule has 6 heteroatoms. The van der Waals surface area contributed by atoms with Gasteiger partial charge in [-0.1, -0.05) is 31.4 Å². The lowest BCUT2D eigenvalue weighted by molar-refractivity contribution is -0.134. The zero-order valence-corrected chi connectivity index (χ0v) is 19.2. The summed E-state index contributed by atoms with van der Waals surface area (Å²) in [5, 5.41) is 0. The highest BCUT2D eigenvalue weighted by atomic mass is 16.5. The molecule has 2 aromatic carbocycles. The Morgan fingerprint density at radius 3 is 2.58 bits per heavy atom. The Morgan fingerprint density at radius 2 is 1.79 bits per heavy atom. The predicted molar refractivity (Wildman–Crippen MR) is 129 cm³/mol. The Balaban J connectivity index is 1.38. The molecule has 0 bridgehead atoms. The molecule has 2 heterocycles. The second kappa shape index (κ2) is 9.38. The Kier molecular flexibility index (Phi) is 6.16. The standard InChI is InChI=1S/C27H31N3O3/c1-33-22-12-10-21(11-13-22)30-25-9-5-4-8-23(25)28-24(27(30)32)14-15-26(31)29-17-16-19-6-2-3-7-20(19)18-29/h4-5,8-13,19-20H,2-3,6-7,14-18H2,1H3/t19-,20+/m1/s1. The van der Waals surface area contributed by atoms with Crippen molar-refractivity contribution in [3.63, 3.8) is 0 Å². The quantitative estimate of drug-likeness (QED) is 0.585. The lowest BCUT2D eigenvalue weighted by atomic mass is 9.75. The molecule has 0 radical (unpaired) electrons. The van der Waals surface area contributed by atoms with E-state index in [1.165, 1.54) is 25.7 Å². The number of rotatable bonds is 5. The molecule has 2 fully saturated rings. The second-order valence-corrected chi connectivity index (χ2v) is 9.32. The van der Waals surface area contributed by atoms with Gasteiger partial charge in [-0.15, -0.1) is 0 Å². The van der Waals surface area contributed by atoms with E-state index in [1.54, 1.807) is 11.7 Å². The molecule has 1 aliphatic heterocycles. The number of nitrogens with zero attached hydrogens (tertiary/aromatic N) is 3. The Hall–Kier alpha value is -3.15. The van der Waals surface area contributed by atoms with Gasteiger partial charge in [0.1, 0.15) is 11.4 Å². The summed E-state index contributed by atoms with van der Waals surface area (Å²) in [5.74, 6) is 2.33. The number of amides is 1. The van der Waals surface area contributed by atoms with E-state index in [-0.39, 0.29) is 11.5 Å². The fraction of sp³-hybridized carbons (Fsp3) is 0.444. The minimum Gasteiger partial charge on any atom is -0.497 e. The number of carbonyl (C=O) groups excluding carboxylic acids is 1. The first-order chi connectivity index (χ1) is 16.1. The SMILES string of the molecule is COc1ccc(-n2c(=O)c(CCC(=O)N3CC[C@H]4CCCC[C@H]4C3)nc3ccccc32)cc1. The monoisotopic (exact) mass is 445 g/mol. The van der Waals surface area contributed by atoms with Crippen LogP contribution in [0.4, 0.5) is 0 Å². The molecule has 0 spiro atoms. The number of aryl methyl sites for hydroxylation is 1. The summed E-state index contributed by atoms with van der Waals surface area (Å²) in [6.07, 6.45) is 6.98. The van der Waals surface area contributed by atoms with Gasteiger partial charge < -0.3 is 9.64 Å². The molecule has 0 N–H and O–H groups in total. The maximum Gasteiger partial charge on any atom is 0.277 e. The van der Waals surface area contributed by atoms with Crippen LogP contribution < -0.4 is 10.3 Å². The molecule has 2 aliphatic rings. The molecule has 172 valence electrons. The van der Waals surface area contributed by atoms with Crippen LogP contribution in [0.5, 0.6) is 5.75 Å². The number of hydrogen-bond donors (Lipinski definition) is 0. The van der Waals surface area contributed by atoms with Crippen molar-refractivity contribution in [2.75, 3.05) is 20.2 Å². The van der Waals surface area contributed by atoms with E-state index in [2.05, 4.69) is 4.98 Å². The molecule has 1 amide bonds. The van der Waals surface area contributed by atoms with Gasteiger partial charge in [0.25, 0.3) is 5.56 Å². The first kappa shape index (κ1) is 21.7. The number of hydrogen-bond acceptors (Lipinski definition) is 4. The van der Waals surface area contributed by atoms with Gasteiger partial charge >= 0.3 is 0 Å². The maximum absolute atomic E-state index is 13.5. The molecule has 3 aromatic rings. The fourth-order valence-electron chi connectivity index (χ4n) is 5.54. The summed E-state index contributed by atoms with van der Waals surface area (Å²) in [5.41, 5.74) is 2.52. The number of carbonyl (C=O) groups is 1. The van der Waals surface area contributed by atoms with E-state index in [0.717, 1.165) is 47.9 Å². The summed E-state index contributed by atoms with van der Waals surface area (Å²) < 4.78 is 6.95. The van der Waals surface area contributed by atoms with Gasteiger partial charge in [-0.05, 0) is 61.1 Å². The van der Waals surface area contributed by atoms with Crippen molar-refractivity contribution in [2.24, 2.45) is 11.8 Å². The number of benzene rings is 2. The Bertz CT molecular complexity index is 1200. The second-order valence-electron chi connectivity index (χ2n) is 9.32. The highest BCUT2D eigenvalue weighted by Crippen LogP contribution is 2.36. The molecule has 1 saturated carbocycles. The smallest absolute Gasteiger partial charge is 0.277 e. The fourth-order valence-corrected chi connectivity index (χ4v) is 5.54. The van der Waals surface area contributed by atoms with Crippen molar-refractivity contribution in [2.45, 2.75) is 44.9 Å². The molecular weight excluding hydrogens is 414 g/mol. The van der Waals surface area contributed by atoms with Gasteiger partial charge in [0.15, 0.2) is 0 Å². The maximum atomic E-state index is 13.5. The van der Waals surface area contributed by atoms with E-state index in [9.17, 15) is 9.59 Å². The van der Waals surface area contributed by atoms with E-state index in [1.807, 2.05) is 53.4 Å². The van der Waals surface area contributed by atoms with Crippen LogP contribution >= 0.6 is 0 Å². The third-order valence-electron chi connectivity index (χ3n) is 7.38. The van der Waals surface area contributed by atoms with Crippen molar-refractivity contribution in [3.8, 4) is 11.4 Å². The van der Waals surface area contributed by atoms with Gasteiger partial charge in [0, 0.05) is 31.6 Å². The molecule has 1 aliphatic carbocycles. The average Bonchev–Trinajstić information content (AvgIpc) is 2.87. The molecule has 33 heavy (non-hydrogen) atoms. The molecule has 2 atom stereocenters. The first-order valence-electron chi connectivity index (χ1n) is 12.1. The lowest BCUT2D eigenvalue weighted by Crippen LogP contribution is -2.45. The van der Waals surface area contributed by atoms with Crippen LogP contribution in [-0.2, 0) is 11.2 Å². The minimum atomic E-state index is -0.169. The van der Waals surface area contributed by atoms with Gasteiger partial charge in [-0.3, -0.25) is 14.2 Å². The van der Waals surface area contributed by atoms with Crippen molar-refractivity contribution >= 4 is 16.9 Å². The number of likely N-dealkylation sites (tertiary alicyclic amines) is 1. The van der Waals surface area contributed by atoms with Crippen LogP contribution in [0.3, 0.4) is 0 Å². The van der Waals surface area contributed by atoms with Crippen LogP contribution in [0, 0.1) is 11.8 Å². The lowest BCUT2D eigenvalue weighted by Gasteiger charge is -2.41. The van der Waals surface area contributed by atoms with Crippen LogP contribution in [0.25, 0.3) is 16.7 Å². The number of piperidine rings is 1. The highest BCUT2D eigenvalue weighted by Gasteiger charge is 2.32. The average molecular weight is 446 g/mol. The van der Waals surface area contributed by atoms with Gasteiger partial charge in [-0.25, -0.2) is 4.98 Å². The van der Waals surface area contributed by atoms with Crippen LogP contribution in [-0.4, -0.2) is 40.6 Å². The highest BCUT2D eigenvalue weighted by molar-refractivity contribution is 5.78. The van der Waals surface area contributed by atoms with Crippen molar-refractivity contribution in [3.05, 3.63) is 64.6 Å². The minimum absolute atomic E-state index is 0.143.